The lowest BCUT2D eigenvalue weighted by Crippen LogP contribution is -2.30. The number of carbonyl (C=O) groups excluding carboxylic acids is 2. The first-order valence-electron chi connectivity index (χ1n) is 11.4. The summed E-state index contributed by atoms with van der Waals surface area (Å²) in [4.78, 5) is 26.6. The average molecular weight is 476 g/mol. The molecular weight excluding hydrogens is 449 g/mol. The summed E-state index contributed by atoms with van der Waals surface area (Å²) in [6.45, 7) is 3.11. The molecule has 2 amide bonds. The molecule has 0 aliphatic carbocycles. The molecule has 1 atom stereocenters. The van der Waals surface area contributed by atoms with Crippen LogP contribution in [-0.2, 0) is 16.2 Å². The van der Waals surface area contributed by atoms with Gasteiger partial charge in [0.15, 0.2) is 0 Å². The van der Waals surface area contributed by atoms with Crippen molar-refractivity contribution in [3.05, 3.63) is 89.7 Å². The van der Waals surface area contributed by atoms with E-state index in [0.717, 1.165) is 22.6 Å². The van der Waals surface area contributed by atoms with Crippen LogP contribution in [0.1, 0.15) is 24.5 Å². The van der Waals surface area contributed by atoms with Crippen molar-refractivity contribution in [1.82, 2.24) is 5.43 Å². The molecule has 1 saturated heterocycles. The van der Waals surface area contributed by atoms with Crippen LogP contribution in [0.5, 0.6) is 11.5 Å². The number of ether oxygens (including phenoxy) is 2. The number of rotatable bonds is 9. The predicted octanol–water partition coefficient (Wildman–Crippen LogP) is 4.31. The lowest BCUT2D eigenvalue weighted by molar-refractivity contribution is -0.126. The summed E-state index contributed by atoms with van der Waals surface area (Å²) < 4.78 is 24.1. The van der Waals surface area contributed by atoms with Crippen LogP contribution in [0.15, 0.2) is 77.9 Å². The second-order valence-electron chi connectivity index (χ2n) is 8.05. The first-order valence-corrected chi connectivity index (χ1v) is 11.4. The Morgan fingerprint density at radius 1 is 1.03 bits per heavy atom. The number of benzene rings is 3. The van der Waals surface area contributed by atoms with Crippen LogP contribution in [0.4, 0.5) is 10.1 Å². The number of carbonyl (C=O) groups is 2. The van der Waals surface area contributed by atoms with Crippen LogP contribution in [-0.4, -0.2) is 31.2 Å². The SMILES string of the molecule is CCOc1ccc(N2C[C@H](C(=O)N/N=C\c3ccc(OCc4ccc(F)cc4)cc3)CC2=O)cc1. The summed E-state index contributed by atoms with van der Waals surface area (Å²) in [5.41, 5.74) is 4.90. The lowest BCUT2D eigenvalue weighted by Gasteiger charge is -2.17. The van der Waals surface area contributed by atoms with Crippen molar-refractivity contribution < 1.29 is 23.5 Å². The van der Waals surface area contributed by atoms with Crippen molar-refractivity contribution in [1.29, 1.82) is 0 Å². The molecule has 1 fully saturated rings. The Kier molecular flexibility index (Phi) is 7.72. The highest BCUT2D eigenvalue weighted by molar-refractivity contribution is 6.00. The fourth-order valence-corrected chi connectivity index (χ4v) is 3.68. The van der Waals surface area contributed by atoms with E-state index >= 15 is 0 Å². The fraction of sp³-hybridized carbons (Fsp3) is 0.222. The van der Waals surface area contributed by atoms with Crippen LogP contribution in [0.25, 0.3) is 0 Å². The zero-order valence-corrected chi connectivity index (χ0v) is 19.3. The van der Waals surface area contributed by atoms with Gasteiger partial charge in [0.2, 0.25) is 11.8 Å². The number of hydrogen-bond acceptors (Lipinski definition) is 5. The van der Waals surface area contributed by atoms with E-state index in [9.17, 15) is 14.0 Å². The molecule has 3 aromatic rings. The molecule has 1 aliphatic heterocycles. The van der Waals surface area contributed by atoms with Gasteiger partial charge in [0, 0.05) is 18.7 Å². The molecule has 7 nitrogen and oxygen atoms in total. The van der Waals surface area contributed by atoms with Gasteiger partial charge in [-0.05, 0) is 78.7 Å². The van der Waals surface area contributed by atoms with Gasteiger partial charge in [-0.25, -0.2) is 9.82 Å². The monoisotopic (exact) mass is 475 g/mol. The summed E-state index contributed by atoms with van der Waals surface area (Å²) in [6.07, 6.45) is 1.66. The summed E-state index contributed by atoms with van der Waals surface area (Å²) in [7, 11) is 0. The molecule has 1 aliphatic rings. The first kappa shape index (κ1) is 23.9. The molecule has 180 valence electrons. The number of hydrazone groups is 1. The Balaban J connectivity index is 1.25. The second kappa shape index (κ2) is 11.3. The predicted molar refractivity (Wildman–Crippen MR) is 131 cm³/mol. The highest BCUT2D eigenvalue weighted by Crippen LogP contribution is 2.27. The summed E-state index contributed by atoms with van der Waals surface area (Å²) in [6, 6.07) is 20.6. The molecule has 0 radical (unpaired) electrons. The Labute approximate surface area is 203 Å². The number of halogens is 1. The van der Waals surface area contributed by atoms with E-state index in [1.807, 2.05) is 43.3 Å². The van der Waals surface area contributed by atoms with Crippen molar-refractivity contribution >= 4 is 23.7 Å². The van der Waals surface area contributed by atoms with Crippen molar-refractivity contribution in [3.63, 3.8) is 0 Å². The molecule has 1 heterocycles. The van der Waals surface area contributed by atoms with Crippen molar-refractivity contribution in [2.75, 3.05) is 18.1 Å². The van der Waals surface area contributed by atoms with Crippen molar-refractivity contribution in [2.24, 2.45) is 11.0 Å². The van der Waals surface area contributed by atoms with E-state index in [1.165, 1.54) is 18.3 Å². The Hall–Kier alpha value is -4.20. The van der Waals surface area contributed by atoms with Gasteiger partial charge < -0.3 is 14.4 Å². The first-order chi connectivity index (χ1) is 17.0. The highest BCUT2D eigenvalue weighted by Gasteiger charge is 2.35. The summed E-state index contributed by atoms with van der Waals surface area (Å²) in [5.74, 6) is 0.229. The molecule has 1 N–H and O–H groups in total. The van der Waals surface area contributed by atoms with Crippen LogP contribution < -0.4 is 19.8 Å². The minimum absolute atomic E-state index is 0.102. The van der Waals surface area contributed by atoms with Gasteiger partial charge in [-0.2, -0.15) is 5.10 Å². The molecule has 0 spiro atoms. The highest BCUT2D eigenvalue weighted by atomic mass is 19.1. The molecule has 0 aromatic heterocycles. The minimum atomic E-state index is -0.478. The largest absolute Gasteiger partial charge is 0.494 e. The zero-order valence-electron chi connectivity index (χ0n) is 19.3. The third kappa shape index (κ3) is 6.44. The van der Waals surface area contributed by atoms with E-state index in [4.69, 9.17) is 9.47 Å². The van der Waals surface area contributed by atoms with E-state index in [1.54, 1.807) is 29.2 Å². The van der Waals surface area contributed by atoms with Gasteiger partial charge in [-0.15, -0.1) is 0 Å². The van der Waals surface area contributed by atoms with E-state index in [2.05, 4.69) is 10.5 Å². The maximum atomic E-state index is 13.0. The second-order valence-corrected chi connectivity index (χ2v) is 8.05. The number of nitrogens with zero attached hydrogens (tertiary/aromatic N) is 2. The Morgan fingerprint density at radius 2 is 1.69 bits per heavy atom. The number of anilines is 1. The van der Waals surface area contributed by atoms with Crippen LogP contribution in [0, 0.1) is 11.7 Å². The fourth-order valence-electron chi connectivity index (χ4n) is 3.68. The smallest absolute Gasteiger partial charge is 0.245 e. The van der Waals surface area contributed by atoms with Gasteiger partial charge in [-0.1, -0.05) is 12.1 Å². The van der Waals surface area contributed by atoms with Crippen LogP contribution in [0.2, 0.25) is 0 Å². The van der Waals surface area contributed by atoms with Gasteiger partial charge in [0.25, 0.3) is 0 Å². The topological polar surface area (TPSA) is 80.2 Å². The van der Waals surface area contributed by atoms with Gasteiger partial charge in [-0.3, -0.25) is 9.59 Å². The average Bonchev–Trinajstić information content (AvgIpc) is 3.27. The zero-order chi connectivity index (χ0) is 24.6. The molecule has 4 rings (SSSR count). The van der Waals surface area contributed by atoms with Gasteiger partial charge in [0.1, 0.15) is 23.9 Å². The van der Waals surface area contributed by atoms with Gasteiger partial charge >= 0.3 is 0 Å². The quantitative estimate of drug-likeness (QED) is 0.370. The number of nitrogens with one attached hydrogen (secondary N) is 1. The van der Waals surface area contributed by atoms with Crippen molar-refractivity contribution in [3.8, 4) is 11.5 Å². The molecule has 0 unspecified atom stereocenters. The number of amides is 2. The molecule has 0 bridgehead atoms. The maximum Gasteiger partial charge on any atom is 0.245 e. The van der Waals surface area contributed by atoms with Crippen LogP contribution in [0.3, 0.4) is 0 Å². The molecule has 3 aromatic carbocycles. The Morgan fingerprint density at radius 3 is 2.37 bits per heavy atom. The van der Waals surface area contributed by atoms with E-state index in [0.29, 0.717) is 25.5 Å². The third-order valence-electron chi connectivity index (χ3n) is 5.54. The van der Waals surface area contributed by atoms with Crippen LogP contribution >= 0.6 is 0 Å². The molecule has 8 heteroatoms. The molecular formula is C27H26FN3O4. The van der Waals surface area contributed by atoms with Crippen molar-refractivity contribution in [2.45, 2.75) is 20.0 Å². The maximum absolute atomic E-state index is 13.0. The normalized spacial score (nSPS) is 15.4. The standard InChI is InChI=1S/C27H26FN3O4/c1-2-34-24-13-9-23(10-14-24)31-17-21(15-26(31)32)27(33)30-29-16-19-5-11-25(12-6-19)35-18-20-3-7-22(28)8-4-20/h3-14,16,21H,2,15,17-18H2,1H3,(H,30,33)/b29-16-/t21-/m1/s1. The third-order valence-corrected chi connectivity index (χ3v) is 5.54. The molecule has 0 saturated carbocycles. The molecule has 35 heavy (non-hydrogen) atoms. The van der Waals surface area contributed by atoms with E-state index < -0.39 is 5.92 Å². The Bertz CT molecular complexity index is 1180. The summed E-state index contributed by atoms with van der Waals surface area (Å²) >= 11 is 0. The van der Waals surface area contributed by atoms with E-state index in [-0.39, 0.29) is 24.1 Å². The minimum Gasteiger partial charge on any atom is -0.494 e. The summed E-state index contributed by atoms with van der Waals surface area (Å²) in [5, 5.41) is 4.03. The van der Waals surface area contributed by atoms with Gasteiger partial charge in [0.05, 0.1) is 18.7 Å². The lowest BCUT2D eigenvalue weighted by atomic mass is 10.1. The number of hydrogen-bond donors (Lipinski definition) is 1.